The van der Waals surface area contributed by atoms with Gasteiger partial charge in [-0.2, -0.15) is 0 Å². The number of nitrogens with zero attached hydrogens (tertiary/aromatic N) is 2. The van der Waals surface area contributed by atoms with E-state index in [0.717, 1.165) is 39.2 Å². The Labute approximate surface area is 207 Å². The lowest BCUT2D eigenvalue weighted by atomic mass is 10.2. The van der Waals surface area contributed by atoms with Crippen LogP contribution in [0.4, 0.5) is 0 Å². The molecule has 0 spiro atoms. The van der Waals surface area contributed by atoms with Crippen LogP contribution in [0.2, 0.25) is 0 Å². The fourth-order valence-corrected chi connectivity index (χ4v) is 4.48. The van der Waals surface area contributed by atoms with Gasteiger partial charge in [0, 0.05) is 30.5 Å². The maximum absolute atomic E-state index is 11.4. The van der Waals surface area contributed by atoms with Gasteiger partial charge in [-0.25, -0.2) is 14.8 Å². The second kappa shape index (κ2) is 14.4. The van der Waals surface area contributed by atoms with Crippen LogP contribution >= 0.6 is 22.7 Å². The number of rotatable bonds is 5. The third-order valence-electron chi connectivity index (χ3n) is 4.56. The summed E-state index contributed by atoms with van der Waals surface area (Å²) in [5.41, 5.74) is 2.12. The van der Waals surface area contributed by atoms with Crippen molar-refractivity contribution in [2.24, 2.45) is 0 Å². The van der Waals surface area contributed by atoms with Crippen molar-refractivity contribution >= 4 is 28.6 Å². The number of aromatic nitrogens is 2. The van der Waals surface area contributed by atoms with E-state index in [4.69, 9.17) is 14.6 Å². The monoisotopic (exact) mass is 496 g/mol. The van der Waals surface area contributed by atoms with Crippen molar-refractivity contribution in [1.29, 1.82) is 0 Å². The van der Waals surface area contributed by atoms with Crippen molar-refractivity contribution in [1.82, 2.24) is 9.97 Å². The van der Waals surface area contributed by atoms with E-state index in [1.54, 1.807) is 19.3 Å². The van der Waals surface area contributed by atoms with Gasteiger partial charge in [-0.15, -0.1) is 22.7 Å². The molecule has 0 aliphatic carbocycles. The first-order chi connectivity index (χ1) is 16.7. The largest absolute Gasteiger partial charge is 0.462 e. The molecule has 0 atom stereocenters. The Kier molecular flexibility index (Phi) is 10.9. The fourth-order valence-electron chi connectivity index (χ4n) is 2.89. The van der Waals surface area contributed by atoms with Crippen LogP contribution in [0.25, 0.3) is 21.1 Å². The number of carbonyl (C=O) groups is 1. The topological polar surface area (TPSA) is 81.5 Å². The van der Waals surface area contributed by atoms with E-state index in [9.17, 15) is 4.79 Å². The van der Waals surface area contributed by atoms with Crippen LogP contribution in [0.3, 0.4) is 0 Å². The van der Waals surface area contributed by atoms with Crippen LogP contribution in [0.5, 0.6) is 0 Å². The van der Waals surface area contributed by atoms with Gasteiger partial charge < -0.3 is 14.6 Å². The Hall–Kier alpha value is -2.91. The number of hydrogen-bond acceptors (Lipinski definition) is 8. The summed E-state index contributed by atoms with van der Waals surface area (Å²) in [6, 6.07) is 19.7. The molecule has 4 aromatic rings. The fraction of sp³-hybridized carbons (Fsp3) is 0.269. The van der Waals surface area contributed by atoms with Crippen LogP contribution in [-0.4, -0.2) is 40.9 Å². The molecule has 1 aliphatic rings. The molecule has 0 bridgehead atoms. The van der Waals surface area contributed by atoms with Gasteiger partial charge in [-0.1, -0.05) is 60.7 Å². The number of thiazole rings is 2. The zero-order valence-corrected chi connectivity index (χ0v) is 20.7. The molecule has 6 nitrogen and oxygen atoms in total. The SMILES string of the molecule is C1CCOC1.CCOC(=O)c1cnc(-c2ccccc2)s1.OCc1cnc(-c2ccccc2)s1. The molecule has 1 aliphatic heterocycles. The average molecular weight is 497 g/mol. The molecule has 1 N–H and O–H groups in total. The highest BCUT2D eigenvalue weighted by molar-refractivity contribution is 7.16. The third kappa shape index (κ3) is 8.14. The summed E-state index contributed by atoms with van der Waals surface area (Å²) in [4.78, 5) is 21.3. The average Bonchev–Trinajstić information content (AvgIpc) is 3.69. The van der Waals surface area contributed by atoms with Gasteiger partial charge in [0.1, 0.15) is 14.9 Å². The first kappa shape index (κ1) is 25.7. The van der Waals surface area contributed by atoms with Crippen LogP contribution in [0, 0.1) is 0 Å². The van der Waals surface area contributed by atoms with Gasteiger partial charge in [0.05, 0.1) is 24.3 Å². The Balaban J connectivity index is 0.000000161. The van der Waals surface area contributed by atoms with Crippen molar-refractivity contribution in [3.63, 3.8) is 0 Å². The van der Waals surface area contributed by atoms with Crippen LogP contribution < -0.4 is 0 Å². The van der Waals surface area contributed by atoms with E-state index < -0.39 is 0 Å². The first-order valence-corrected chi connectivity index (χ1v) is 12.7. The molecule has 2 aromatic heterocycles. The predicted molar refractivity (Wildman–Crippen MR) is 137 cm³/mol. The number of esters is 1. The third-order valence-corrected chi connectivity index (χ3v) is 6.62. The lowest BCUT2D eigenvalue weighted by Crippen LogP contribution is -2.01. The lowest BCUT2D eigenvalue weighted by molar-refractivity contribution is 0.0532. The van der Waals surface area contributed by atoms with Crippen LogP contribution in [-0.2, 0) is 16.1 Å². The normalized spacial score (nSPS) is 12.2. The molecule has 34 heavy (non-hydrogen) atoms. The van der Waals surface area contributed by atoms with Crippen LogP contribution in [0.15, 0.2) is 73.1 Å². The molecule has 8 heteroatoms. The van der Waals surface area contributed by atoms with Gasteiger partial charge in [0.2, 0.25) is 0 Å². The van der Waals surface area contributed by atoms with Gasteiger partial charge in [0.25, 0.3) is 0 Å². The highest BCUT2D eigenvalue weighted by atomic mass is 32.1. The molecule has 5 rings (SSSR count). The standard InChI is InChI=1S/C12H11NO2S.C10H9NOS.C4H8O/c1-2-15-12(14)10-8-13-11(16-10)9-6-4-3-5-7-9;12-7-9-6-11-10(13-9)8-4-2-1-3-5-8;1-2-4-5-3-1/h3-8H,2H2,1H3;1-6,12H,7H2;1-4H2. The van der Waals surface area contributed by atoms with E-state index in [1.807, 2.05) is 60.7 Å². The zero-order chi connectivity index (χ0) is 24.0. The van der Waals surface area contributed by atoms with Crippen molar-refractivity contribution in [3.05, 3.63) is 82.8 Å². The molecule has 0 unspecified atom stereocenters. The van der Waals surface area contributed by atoms with Gasteiger partial charge >= 0.3 is 5.97 Å². The summed E-state index contributed by atoms with van der Waals surface area (Å²) in [5, 5.41) is 10.7. The van der Waals surface area contributed by atoms with Crippen molar-refractivity contribution < 1.29 is 19.4 Å². The highest BCUT2D eigenvalue weighted by Gasteiger charge is 2.11. The van der Waals surface area contributed by atoms with E-state index in [2.05, 4.69) is 9.97 Å². The molecule has 178 valence electrons. The number of ether oxygens (including phenoxy) is 2. The minimum Gasteiger partial charge on any atom is -0.462 e. The lowest BCUT2D eigenvalue weighted by Gasteiger charge is -1.96. The minimum atomic E-state index is -0.304. The van der Waals surface area contributed by atoms with E-state index >= 15 is 0 Å². The number of carbonyl (C=O) groups excluding carboxylic acids is 1. The second-order valence-electron chi connectivity index (χ2n) is 7.09. The van der Waals surface area contributed by atoms with Gasteiger partial charge in [0.15, 0.2) is 0 Å². The number of benzene rings is 2. The quantitative estimate of drug-likeness (QED) is 0.337. The summed E-state index contributed by atoms with van der Waals surface area (Å²) in [7, 11) is 0. The van der Waals surface area contributed by atoms with Gasteiger partial charge in [-0.3, -0.25) is 0 Å². The first-order valence-electron chi connectivity index (χ1n) is 11.1. The van der Waals surface area contributed by atoms with Crippen molar-refractivity contribution in [2.75, 3.05) is 19.8 Å². The molecule has 0 amide bonds. The Morgan fingerprint density at radius 2 is 1.47 bits per heavy atom. The molecule has 0 radical (unpaired) electrons. The highest BCUT2D eigenvalue weighted by Crippen LogP contribution is 2.25. The molecule has 0 saturated carbocycles. The minimum absolute atomic E-state index is 0.0739. The number of hydrogen-bond donors (Lipinski definition) is 1. The van der Waals surface area contributed by atoms with E-state index in [-0.39, 0.29) is 12.6 Å². The van der Waals surface area contributed by atoms with Crippen molar-refractivity contribution in [3.8, 4) is 21.1 Å². The summed E-state index contributed by atoms with van der Waals surface area (Å²) < 4.78 is 9.85. The molecular weight excluding hydrogens is 468 g/mol. The van der Waals surface area contributed by atoms with Crippen molar-refractivity contribution in [2.45, 2.75) is 26.4 Å². The maximum atomic E-state index is 11.4. The summed E-state index contributed by atoms with van der Waals surface area (Å²) >= 11 is 2.87. The Morgan fingerprint density at radius 1 is 0.912 bits per heavy atom. The van der Waals surface area contributed by atoms with Gasteiger partial charge in [-0.05, 0) is 19.8 Å². The predicted octanol–water partition coefficient (Wildman–Crippen LogP) is 6.09. The molecule has 1 saturated heterocycles. The molecule has 1 fully saturated rings. The molecular formula is C26H28N2O4S2. The summed E-state index contributed by atoms with van der Waals surface area (Å²) in [6.07, 6.45) is 5.83. The van der Waals surface area contributed by atoms with E-state index in [1.165, 1.54) is 35.5 Å². The Morgan fingerprint density at radius 3 is 1.94 bits per heavy atom. The van der Waals surface area contributed by atoms with Crippen LogP contribution in [0.1, 0.15) is 34.3 Å². The maximum Gasteiger partial charge on any atom is 0.349 e. The van der Waals surface area contributed by atoms with E-state index in [0.29, 0.717) is 11.5 Å². The second-order valence-corrected chi connectivity index (χ2v) is 9.24. The summed E-state index contributed by atoms with van der Waals surface area (Å²) in [5.74, 6) is -0.304. The summed E-state index contributed by atoms with van der Waals surface area (Å²) in [6.45, 7) is 4.25. The molecule has 2 aromatic carbocycles. The smallest absolute Gasteiger partial charge is 0.349 e. The zero-order valence-electron chi connectivity index (χ0n) is 19.1. The molecule has 3 heterocycles. The number of aliphatic hydroxyl groups is 1. The Bertz CT molecular complexity index is 1100. The number of aliphatic hydroxyl groups excluding tert-OH is 1.